The number of nitrogens with one attached hydrogen (secondary N) is 1. The van der Waals surface area contributed by atoms with Gasteiger partial charge in [-0.3, -0.25) is 9.59 Å². The third-order valence-electron chi connectivity index (χ3n) is 4.51. The maximum Gasteiger partial charge on any atom is 0.239 e. The minimum Gasteiger partial charge on any atom is -0.497 e. The van der Waals surface area contributed by atoms with Crippen molar-refractivity contribution in [2.75, 3.05) is 27.3 Å². The molecule has 0 aliphatic carbocycles. The average Bonchev–Trinajstić information content (AvgIpc) is 2.75. The summed E-state index contributed by atoms with van der Waals surface area (Å²) in [5, 5.41) is 3.48. The molecule has 0 fully saturated rings. The summed E-state index contributed by atoms with van der Waals surface area (Å²) in [6.45, 7) is 2.75. The summed E-state index contributed by atoms with van der Waals surface area (Å²) in [5.41, 5.74) is 1.89. The Morgan fingerprint density at radius 2 is 1.62 bits per heavy atom. The van der Waals surface area contributed by atoms with E-state index >= 15 is 0 Å². The van der Waals surface area contributed by atoms with E-state index in [9.17, 15) is 9.59 Å². The van der Waals surface area contributed by atoms with Crippen molar-refractivity contribution >= 4 is 23.4 Å². The second-order valence-corrected chi connectivity index (χ2v) is 6.97. The predicted octanol–water partition coefficient (Wildman–Crippen LogP) is 3.45. The third-order valence-corrected chi connectivity index (χ3v) is 4.76. The number of rotatable bonds is 10. The van der Waals surface area contributed by atoms with Crippen LogP contribution in [0.15, 0.2) is 42.5 Å². The molecule has 0 saturated heterocycles. The third kappa shape index (κ3) is 7.31. The van der Waals surface area contributed by atoms with Crippen molar-refractivity contribution < 1.29 is 19.1 Å². The number of carbonyl (C=O) groups is 2. The fourth-order valence-corrected chi connectivity index (χ4v) is 2.95. The zero-order valence-electron chi connectivity index (χ0n) is 17.0. The maximum atomic E-state index is 12.6. The fraction of sp³-hybridized carbons (Fsp3) is 0.364. The summed E-state index contributed by atoms with van der Waals surface area (Å²) >= 11 is 5.86. The van der Waals surface area contributed by atoms with Gasteiger partial charge in [-0.25, -0.2) is 0 Å². The molecule has 156 valence electrons. The van der Waals surface area contributed by atoms with Gasteiger partial charge in [-0.2, -0.15) is 0 Å². The van der Waals surface area contributed by atoms with Crippen LogP contribution in [0.2, 0.25) is 5.02 Å². The fourth-order valence-electron chi connectivity index (χ4n) is 2.83. The van der Waals surface area contributed by atoms with Crippen LogP contribution in [-0.2, 0) is 22.6 Å². The smallest absolute Gasteiger partial charge is 0.239 e. The molecule has 0 unspecified atom stereocenters. The number of carbonyl (C=O) groups excluding carboxylic acids is 2. The highest BCUT2D eigenvalue weighted by Crippen LogP contribution is 2.23. The van der Waals surface area contributed by atoms with Crippen molar-refractivity contribution in [3.05, 3.63) is 58.6 Å². The first-order valence-corrected chi connectivity index (χ1v) is 9.83. The summed E-state index contributed by atoms with van der Waals surface area (Å²) in [6.07, 6.45) is 0.837. The molecule has 2 rings (SSSR count). The molecule has 2 aromatic carbocycles. The maximum absolute atomic E-state index is 12.6. The molecule has 0 radical (unpaired) electrons. The van der Waals surface area contributed by atoms with E-state index in [1.165, 1.54) is 0 Å². The Kier molecular flexibility index (Phi) is 8.80. The Labute approximate surface area is 176 Å². The van der Waals surface area contributed by atoms with E-state index in [-0.39, 0.29) is 18.4 Å². The van der Waals surface area contributed by atoms with Crippen LogP contribution in [0.5, 0.6) is 11.5 Å². The van der Waals surface area contributed by atoms with Gasteiger partial charge < -0.3 is 19.7 Å². The monoisotopic (exact) mass is 418 g/mol. The summed E-state index contributed by atoms with van der Waals surface area (Å²) in [4.78, 5) is 26.4. The summed E-state index contributed by atoms with van der Waals surface area (Å²) in [5.74, 6) is 1.09. The van der Waals surface area contributed by atoms with E-state index in [1.54, 1.807) is 37.3 Å². The summed E-state index contributed by atoms with van der Waals surface area (Å²) in [6, 6.07) is 12.8. The SMILES string of the molecule is CCN(CC(=O)NCc1ccc(Cl)cc1)C(=O)CCc1cc(OC)cc(OC)c1. The number of hydrogen-bond donors (Lipinski definition) is 1. The number of halogens is 1. The van der Waals surface area contributed by atoms with Gasteiger partial charge >= 0.3 is 0 Å². The van der Waals surface area contributed by atoms with Crippen LogP contribution in [-0.4, -0.2) is 44.0 Å². The van der Waals surface area contributed by atoms with E-state index in [4.69, 9.17) is 21.1 Å². The molecule has 0 bridgehead atoms. The van der Waals surface area contributed by atoms with Crippen molar-refractivity contribution in [1.82, 2.24) is 10.2 Å². The number of benzene rings is 2. The van der Waals surface area contributed by atoms with Gasteiger partial charge in [0.25, 0.3) is 0 Å². The number of hydrogen-bond acceptors (Lipinski definition) is 4. The van der Waals surface area contributed by atoms with Crippen LogP contribution in [0.4, 0.5) is 0 Å². The Bertz CT molecular complexity index is 802. The van der Waals surface area contributed by atoms with E-state index < -0.39 is 0 Å². The first-order chi connectivity index (χ1) is 13.9. The van der Waals surface area contributed by atoms with Gasteiger partial charge in [0.1, 0.15) is 11.5 Å². The number of likely N-dealkylation sites (N-methyl/N-ethyl adjacent to an activating group) is 1. The normalized spacial score (nSPS) is 10.3. The number of nitrogens with zero attached hydrogens (tertiary/aromatic N) is 1. The zero-order chi connectivity index (χ0) is 21.2. The Balaban J connectivity index is 1.86. The van der Waals surface area contributed by atoms with Crippen molar-refractivity contribution in [3.63, 3.8) is 0 Å². The van der Waals surface area contributed by atoms with Crippen LogP contribution < -0.4 is 14.8 Å². The van der Waals surface area contributed by atoms with E-state index in [0.717, 1.165) is 11.1 Å². The molecule has 0 atom stereocenters. The molecule has 0 aliphatic heterocycles. The van der Waals surface area contributed by atoms with Crippen molar-refractivity contribution in [3.8, 4) is 11.5 Å². The lowest BCUT2D eigenvalue weighted by Gasteiger charge is -2.20. The first kappa shape index (κ1) is 22.6. The number of ether oxygens (including phenoxy) is 2. The van der Waals surface area contributed by atoms with Crippen molar-refractivity contribution in [2.45, 2.75) is 26.3 Å². The van der Waals surface area contributed by atoms with E-state index in [0.29, 0.717) is 42.5 Å². The summed E-state index contributed by atoms with van der Waals surface area (Å²) in [7, 11) is 3.18. The lowest BCUT2D eigenvalue weighted by molar-refractivity contribution is -0.135. The molecule has 0 aromatic heterocycles. The lowest BCUT2D eigenvalue weighted by atomic mass is 10.1. The molecule has 2 amide bonds. The van der Waals surface area contributed by atoms with Crippen molar-refractivity contribution in [1.29, 1.82) is 0 Å². The second kappa shape index (κ2) is 11.3. The Morgan fingerprint density at radius 3 is 2.17 bits per heavy atom. The van der Waals surface area contributed by atoms with Gasteiger partial charge in [0.05, 0.1) is 20.8 Å². The van der Waals surface area contributed by atoms with Gasteiger partial charge in [0.15, 0.2) is 0 Å². The molecule has 2 aromatic rings. The van der Waals surface area contributed by atoms with E-state index in [1.807, 2.05) is 31.2 Å². The molecule has 6 nitrogen and oxygen atoms in total. The largest absolute Gasteiger partial charge is 0.497 e. The topological polar surface area (TPSA) is 67.9 Å². The Hall–Kier alpha value is -2.73. The van der Waals surface area contributed by atoms with Gasteiger partial charge in [-0.15, -0.1) is 0 Å². The average molecular weight is 419 g/mol. The highest BCUT2D eigenvalue weighted by Gasteiger charge is 2.16. The minimum atomic E-state index is -0.196. The Morgan fingerprint density at radius 1 is 1.00 bits per heavy atom. The van der Waals surface area contributed by atoms with Gasteiger partial charge in [0, 0.05) is 30.6 Å². The standard InChI is InChI=1S/C22H27ClN2O4/c1-4-25(15-21(26)24-14-16-5-8-18(23)9-6-16)22(27)10-7-17-11-19(28-2)13-20(12-17)29-3/h5-6,8-9,11-13H,4,7,10,14-15H2,1-3H3,(H,24,26). The van der Waals surface area contributed by atoms with E-state index in [2.05, 4.69) is 5.32 Å². The molecule has 0 aliphatic rings. The van der Waals surface area contributed by atoms with Crippen LogP contribution in [0, 0.1) is 0 Å². The molecule has 0 saturated carbocycles. The van der Waals surface area contributed by atoms with Gasteiger partial charge in [-0.05, 0) is 48.7 Å². The number of amides is 2. The van der Waals surface area contributed by atoms with Crippen molar-refractivity contribution in [2.24, 2.45) is 0 Å². The molecular formula is C22H27ClN2O4. The van der Waals surface area contributed by atoms with Gasteiger partial charge in [-0.1, -0.05) is 23.7 Å². The van der Waals surface area contributed by atoms with Crippen LogP contribution in [0.25, 0.3) is 0 Å². The predicted molar refractivity (Wildman–Crippen MR) is 113 cm³/mol. The van der Waals surface area contributed by atoms with Crippen LogP contribution in [0.1, 0.15) is 24.5 Å². The quantitative estimate of drug-likeness (QED) is 0.641. The highest BCUT2D eigenvalue weighted by molar-refractivity contribution is 6.30. The second-order valence-electron chi connectivity index (χ2n) is 6.53. The van der Waals surface area contributed by atoms with Crippen LogP contribution >= 0.6 is 11.6 Å². The number of aryl methyl sites for hydroxylation is 1. The highest BCUT2D eigenvalue weighted by atomic mass is 35.5. The summed E-state index contributed by atoms with van der Waals surface area (Å²) < 4.78 is 10.5. The van der Waals surface area contributed by atoms with Gasteiger partial charge in [0.2, 0.25) is 11.8 Å². The molecular weight excluding hydrogens is 392 g/mol. The minimum absolute atomic E-state index is 0.0321. The molecule has 29 heavy (non-hydrogen) atoms. The van der Waals surface area contributed by atoms with Crippen LogP contribution in [0.3, 0.4) is 0 Å². The number of methoxy groups -OCH3 is 2. The molecule has 7 heteroatoms. The lowest BCUT2D eigenvalue weighted by Crippen LogP contribution is -2.40. The molecule has 0 spiro atoms. The zero-order valence-corrected chi connectivity index (χ0v) is 17.8. The molecule has 1 N–H and O–H groups in total. The molecule has 0 heterocycles. The first-order valence-electron chi connectivity index (χ1n) is 9.46.